The molecule has 2 unspecified atom stereocenters. The molecule has 1 fully saturated rings. The van der Waals surface area contributed by atoms with Gasteiger partial charge in [-0.05, 0) is 41.0 Å². The number of carboxylic acid groups (broad SMARTS) is 1. The van der Waals surface area contributed by atoms with Gasteiger partial charge in [-0.15, -0.1) is 0 Å². The van der Waals surface area contributed by atoms with E-state index in [1.165, 1.54) is 0 Å². The Morgan fingerprint density at radius 1 is 1.09 bits per heavy atom. The van der Waals surface area contributed by atoms with Gasteiger partial charge in [-0.2, -0.15) is 0 Å². The van der Waals surface area contributed by atoms with Crippen molar-refractivity contribution in [3.63, 3.8) is 0 Å². The lowest BCUT2D eigenvalue weighted by Gasteiger charge is -2.33. The third-order valence-corrected chi connectivity index (χ3v) is 6.94. The maximum Gasteiger partial charge on any atom is 0.407 e. The largest absolute Gasteiger partial charge is 0.481 e. The van der Waals surface area contributed by atoms with Gasteiger partial charge in [0.05, 0.1) is 6.61 Å². The average Bonchev–Trinajstić information content (AvgIpc) is 3.18. The second-order valence-electron chi connectivity index (χ2n) is 9.65. The summed E-state index contributed by atoms with van der Waals surface area (Å²) in [6.07, 6.45) is 0.359. The van der Waals surface area contributed by atoms with Crippen LogP contribution in [0.3, 0.4) is 0 Å². The Bertz CT molecular complexity index is 1050. The molecule has 2 atom stereocenters. The molecule has 1 heterocycles. The van der Waals surface area contributed by atoms with Crippen molar-refractivity contribution >= 4 is 18.0 Å². The molecule has 186 valence electrons. The van der Waals surface area contributed by atoms with E-state index in [-0.39, 0.29) is 31.6 Å². The van der Waals surface area contributed by atoms with E-state index in [2.05, 4.69) is 22.8 Å². The smallest absolute Gasteiger partial charge is 0.407 e. The summed E-state index contributed by atoms with van der Waals surface area (Å²) < 4.78 is 10.9. The minimum atomic E-state index is -1.15. The number of hydrogen-bond acceptors (Lipinski definition) is 5. The van der Waals surface area contributed by atoms with E-state index in [1.54, 1.807) is 0 Å². The molecule has 2 aromatic rings. The standard InChI is InChI=1S/C27H32N2O6/c1-17(2)23(24(30)28-15-27(25(31)32)12-7-13-34-16-27)29-26(33)35-14-22-20-10-5-3-8-18(20)19-9-4-6-11-21(19)22/h3-6,8-11,17,22-23H,7,12-16H2,1-2H3,(H,28,30)(H,29,33)(H,31,32). The molecule has 1 aliphatic carbocycles. The lowest BCUT2D eigenvalue weighted by molar-refractivity contribution is -0.157. The van der Waals surface area contributed by atoms with Crippen LogP contribution in [0.5, 0.6) is 0 Å². The van der Waals surface area contributed by atoms with Crippen molar-refractivity contribution in [2.75, 3.05) is 26.4 Å². The maximum absolute atomic E-state index is 12.9. The third kappa shape index (κ3) is 5.17. The number of rotatable bonds is 8. The van der Waals surface area contributed by atoms with Crippen LogP contribution < -0.4 is 10.6 Å². The number of nitrogens with one attached hydrogen (secondary N) is 2. The van der Waals surface area contributed by atoms with Gasteiger partial charge < -0.3 is 25.2 Å². The zero-order valence-corrected chi connectivity index (χ0v) is 20.1. The number of carboxylic acids is 1. The SMILES string of the molecule is CC(C)C(NC(=O)OCC1c2ccccc2-c2ccccc21)C(=O)NCC1(C(=O)O)CCCOC1. The summed E-state index contributed by atoms with van der Waals surface area (Å²) in [5.74, 6) is -1.75. The fraction of sp³-hybridized carbons (Fsp3) is 0.444. The molecule has 0 radical (unpaired) electrons. The predicted octanol–water partition coefficient (Wildman–Crippen LogP) is 3.55. The van der Waals surface area contributed by atoms with Crippen molar-refractivity contribution < 1.29 is 29.0 Å². The fourth-order valence-electron chi connectivity index (χ4n) is 4.90. The molecule has 8 nitrogen and oxygen atoms in total. The van der Waals surface area contributed by atoms with Crippen LogP contribution >= 0.6 is 0 Å². The quantitative estimate of drug-likeness (QED) is 0.533. The maximum atomic E-state index is 12.9. The molecule has 35 heavy (non-hydrogen) atoms. The molecule has 2 amide bonds. The van der Waals surface area contributed by atoms with Gasteiger partial charge in [0, 0.05) is 19.1 Å². The van der Waals surface area contributed by atoms with Crippen molar-refractivity contribution in [2.24, 2.45) is 11.3 Å². The van der Waals surface area contributed by atoms with Crippen molar-refractivity contribution in [2.45, 2.75) is 38.6 Å². The summed E-state index contributed by atoms with van der Waals surface area (Å²) in [5.41, 5.74) is 3.33. The Labute approximate surface area is 205 Å². The summed E-state index contributed by atoms with van der Waals surface area (Å²) in [6, 6.07) is 15.3. The van der Waals surface area contributed by atoms with Crippen LogP contribution in [0, 0.1) is 11.3 Å². The second-order valence-corrected chi connectivity index (χ2v) is 9.65. The predicted molar refractivity (Wildman–Crippen MR) is 130 cm³/mol. The zero-order valence-electron chi connectivity index (χ0n) is 20.1. The number of amides is 2. The van der Waals surface area contributed by atoms with Crippen molar-refractivity contribution in [1.82, 2.24) is 10.6 Å². The lowest BCUT2D eigenvalue weighted by atomic mass is 9.82. The van der Waals surface area contributed by atoms with Crippen LogP contribution in [-0.2, 0) is 19.1 Å². The molecular weight excluding hydrogens is 448 g/mol. The van der Waals surface area contributed by atoms with Crippen molar-refractivity contribution in [3.05, 3.63) is 59.7 Å². The summed E-state index contributed by atoms with van der Waals surface area (Å²) in [7, 11) is 0. The number of aliphatic carboxylic acids is 1. The van der Waals surface area contributed by atoms with E-state index in [0.29, 0.717) is 19.4 Å². The zero-order chi connectivity index (χ0) is 25.0. The Balaban J connectivity index is 1.37. The Morgan fingerprint density at radius 2 is 1.71 bits per heavy atom. The average molecular weight is 481 g/mol. The molecule has 3 N–H and O–H groups in total. The van der Waals surface area contributed by atoms with E-state index in [0.717, 1.165) is 22.3 Å². The van der Waals surface area contributed by atoms with Crippen molar-refractivity contribution in [3.8, 4) is 11.1 Å². The van der Waals surface area contributed by atoms with Gasteiger partial charge in [0.1, 0.15) is 18.1 Å². The van der Waals surface area contributed by atoms with E-state index in [1.807, 2.05) is 50.2 Å². The van der Waals surface area contributed by atoms with Crippen molar-refractivity contribution in [1.29, 1.82) is 0 Å². The number of carbonyl (C=O) groups is 3. The first-order valence-corrected chi connectivity index (χ1v) is 12.0. The van der Waals surface area contributed by atoms with E-state index in [9.17, 15) is 19.5 Å². The third-order valence-electron chi connectivity index (χ3n) is 6.94. The highest BCUT2D eigenvalue weighted by Crippen LogP contribution is 2.44. The van der Waals surface area contributed by atoms with Gasteiger partial charge in [0.25, 0.3) is 0 Å². The van der Waals surface area contributed by atoms with Crippen LogP contribution in [-0.4, -0.2) is 55.5 Å². The number of fused-ring (bicyclic) bond motifs is 3. The highest BCUT2D eigenvalue weighted by Gasteiger charge is 2.41. The van der Waals surface area contributed by atoms with Gasteiger partial charge in [-0.3, -0.25) is 9.59 Å². The molecule has 8 heteroatoms. The molecule has 0 spiro atoms. The number of benzene rings is 2. The Hall–Kier alpha value is -3.39. The molecule has 1 saturated heterocycles. The first-order chi connectivity index (χ1) is 16.8. The summed E-state index contributed by atoms with van der Waals surface area (Å²) in [5, 5.41) is 15.1. The van der Waals surface area contributed by atoms with Crippen LogP contribution in [0.15, 0.2) is 48.5 Å². The number of hydrogen-bond donors (Lipinski definition) is 3. The molecule has 0 aromatic heterocycles. The Kier molecular flexibility index (Phi) is 7.40. The second kappa shape index (κ2) is 10.5. The first-order valence-electron chi connectivity index (χ1n) is 12.0. The highest BCUT2D eigenvalue weighted by atomic mass is 16.5. The fourth-order valence-corrected chi connectivity index (χ4v) is 4.90. The minimum Gasteiger partial charge on any atom is -0.481 e. The monoisotopic (exact) mass is 480 g/mol. The topological polar surface area (TPSA) is 114 Å². The first kappa shape index (κ1) is 24.7. The normalized spacial score (nSPS) is 20.0. The van der Waals surface area contributed by atoms with E-state index < -0.39 is 29.4 Å². The molecule has 2 aromatic carbocycles. The minimum absolute atomic E-state index is 0.0504. The summed E-state index contributed by atoms with van der Waals surface area (Å²) >= 11 is 0. The van der Waals surface area contributed by atoms with Gasteiger partial charge >= 0.3 is 12.1 Å². The van der Waals surface area contributed by atoms with Gasteiger partial charge in [0.2, 0.25) is 5.91 Å². The molecule has 1 aliphatic heterocycles. The van der Waals surface area contributed by atoms with E-state index in [4.69, 9.17) is 9.47 Å². The van der Waals surface area contributed by atoms with Crippen LogP contribution in [0.1, 0.15) is 43.7 Å². The Morgan fingerprint density at radius 3 is 2.26 bits per heavy atom. The van der Waals surface area contributed by atoms with Gasteiger partial charge in [-0.1, -0.05) is 62.4 Å². The molecule has 2 aliphatic rings. The van der Waals surface area contributed by atoms with Gasteiger partial charge in [-0.25, -0.2) is 4.79 Å². The summed E-state index contributed by atoms with van der Waals surface area (Å²) in [6.45, 7) is 4.27. The molecule has 4 rings (SSSR count). The summed E-state index contributed by atoms with van der Waals surface area (Å²) in [4.78, 5) is 37.4. The van der Waals surface area contributed by atoms with Gasteiger partial charge in [0.15, 0.2) is 0 Å². The van der Waals surface area contributed by atoms with E-state index >= 15 is 0 Å². The number of ether oxygens (including phenoxy) is 2. The number of alkyl carbamates (subject to hydrolysis) is 1. The molecule has 0 saturated carbocycles. The van der Waals surface area contributed by atoms with Crippen LogP contribution in [0.4, 0.5) is 4.79 Å². The lowest BCUT2D eigenvalue weighted by Crippen LogP contribution is -2.54. The molecular formula is C27H32N2O6. The number of carbonyl (C=O) groups excluding carboxylic acids is 2. The van der Waals surface area contributed by atoms with Crippen LogP contribution in [0.2, 0.25) is 0 Å². The highest BCUT2D eigenvalue weighted by molar-refractivity contribution is 5.87. The molecule has 0 bridgehead atoms. The van der Waals surface area contributed by atoms with Crippen LogP contribution in [0.25, 0.3) is 11.1 Å².